The SMILES string of the molecule is CC(O)C(NC(=O)C(N)CC(N)=O)C(=O)NC(CS)C(=O)NC(CCCN=C(N)N)C(=O)O. The molecule has 0 aliphatic rings. The van der Waals surface area contributed by atoms with Crippen molar-refractivity contribution in [2.75, 3.05) is 12.3 Å². The summed E-state index contributed by atoms with van der Waals surface area (Å²) in [5.41, 5.74) is 20.9. The van der Waals surface area contributed by atoms with Crippen LogP contribution in [0.25, 0.3) is 0 Å². The third kappa shape index (κ3) is 11.9. The summed E-state index contributed by atoms with van der Waals surface area (Å²) >= 11 is 3.98. The number of primary amides is 1. The number of thiol groups is 1. The molecule has 16 heteroatoms. The van der Waals surface area contributed by atoms with Crippen molar-refractivity contribution in [1.82, 2.24) is 16.0 Å². The molecule has 0 bridgehead atoms. The van der Waals surface area contributed by atoms with Gasteiger partial charge in [-0.05, 0) is 19.8 Å². The van der Waals surface area contributed by atoms with E-state index in [9.17, 15) is 34.2 Å². The lowest BCUT2D eigenvalue weighted by molar-refractivity contribution is -0.142. The molecule has 0 aromatic carbocycles. The number of amides is 4. The van der Waals surface area contributed by atoms with Gasteiger partial charge in [0.15, 0.2) is 5.96 Å². The van der Waals surface area contributed by atoms with Crippen LogP contribution >= 0.6 is 12.6 Å². The molecular weight excluding hydrogens is 460 g/mol. The van der Waals surface area contributed by atoms with Gasteiger partial charge in [-0.1, -0.05) is 0 Å². The zero-order valence-corrected chi connectivity index (χ0v) is 19.0. The summed E-state index contributed by atoms with van der Waals surface area (Å²) in [6.07, 6.45) is -1.62. The average molecular weight is 493 g/mol. The number of nitrogens with one attached hydrogen (secondary N) is 3. The summed E-state index contributed by atoms with van der Waals surface area (Å²) in [6.45, 7) is 1.36. The zero-order chi connectivity index (χ0) is 25.7. The summed E-state index contributed by atoms with van der Waals surface area (Å²) in [5, 5.41) is 25.9. The standard InChI is InChI=1S/C17H32N8O7S/c1-7(26)12(25-13(28)8(18)5-11(19)27)15(30)24-10(6-33)14(29)23-9(16(31)32)3-2-4-22-17(20)21/h7-10,12,26,33H,2-6,18H2,1H3,(H2,19,27)(H,23,29)(H,24,30)(H,25,28)(H,31,32)(H4,20,21,22). The van der Waals surface area contributed by atoms with Gasteiger partial charge in [-0.15, -0.1) is 0 Å². The molecule has 4 amide bonds. The van der Waals surface area contributed by atoms with E-state index < -0.39 is 66.3 Å². The number of rotatable bonds is 15. The molecule has 5 atom stereocenters. The maximum absolute atomic E-state index is 12.5. The Labute approximate surface area is 195 Å². The van der Waals surface area contributed by atoms with E-state index in [2.05, 4.69) is 33.6 Å². The van der Waals surface area contributed by atoms with Crippen LogP contribution in [0.2, 0.25) is 0 Å². The Balaban J connectivity index is 5.13. The number of aliphatic hydroxyl groups is 1. The molecule has 13 N–H and O–H groups in total. The molecule has 0 aromatic heterocycles. The van der Waals surface area contributed by atoms with E-state index in [0.717, 1.165) is 0 Å². The van der Waals surface area contributed by atoms with Crippen molar-refractivity contribution < 1.29 is 34.2 Å². The van der Waals surface area contributed by atoms with E-state index in [4.69, 9.17) is 22.9 Å². The highest BCUT2D eigenvalue weighted by Gasteiger charge is 2.32. The third-order valence-electron chi connectivity index (χ3n) is 4.20. The number of aliphatic carboxylic acids is 1. The van der Waals surface area contributed by atoms with Crippen molar-refractivity contribution >= 4 is 48.2 Å². The highest BCUT2D eigenvalue weighted by Crippen LogP contribution is 2.02. The number of carboxylic acids is 1. The zero-order valence-electron chi connectivity index (χ0n) is 18.1. The van der Waals surface area contributed by atoms with Gasteiger partial charge in [0.25, 0.3) is 0 Å². The molecule has 5 unspecified atom stereocenters. The van der Waals surface area contributed by atoms with Crippen LogP contribution in [0.15, 0.2) is 4.99 Å². The number of nitrogens with two attached hydrogens (primary N) is 4. The van der Waals surface area contributed by atoms with E-state index in [1.165, 1.54) is 6.92 Å². The fourth-order valence-corrected chi connectivity index (χ4v) is 2.72. The van der Waals surface area contributed by atoms with Crippen molar-refractivity contribution in [2.45, 2.75) is 56.5 Å². The number of aliphatic imine (C=N–C) groups is 1. The van der Waals surface area contributed by atoms with Crippen molar-refractivity contribution in [3.8, 4) is 0 Å². The van der Waals surface area contributed by atoms with Crippen LogP contribution in [0, 0.1) is 0 Å². The van der Waals surface area contributed by atoms with E-state index in [-0.39, 0.29) is 31.1 Å². The van der Waals surface area contributed by atoms with Crippen LogP contribution in [0.3, 0.4) is 0 Å². The van der Waals surface area contributed by atoms with E-state index >= 15 is 0 Å². The van der Waals surface area contributed by atoms with Gasteiger partial charge < -0.3 is 49.1 Å². The number of hydrogen-bond donors (Lipinski definition) is 10. The molecule has 33 heavy (non-hydrogen) atoms. The van der Waals surface area contributed by atoms with Crippen molar-refractivity contribution in [3.05, 3.63) is 0 Å². The van der Waals surface area contributed by atoms with Crippen LogP contribution in [0.1, 0.15) is 26.2 Å². The molecule has 188 valence electrons. The van der Waals surface area contributed by atoms with Crippen LogP contribution in [-0.2, 0) is 24.0 Å². The van der Waals surface area contributed by atoms with Crippen molar-refractivity contribution in [3.63, 3.8) is 0 Å². The summed E-state index contributed by atoms with van der Waals surface area (Å²) in [4.78, 5) is 63.1. The Morgan fingerprint density at radius 3 is 2.00 bits per heavy atom. The molecule has 0 aliphatic carbocycles. The molecule has 0 heterocycles. The van der Waals surface area contributed by atoms with Gasteiger partial charge in [0.2, 0.25) is 23.6 Å². The predicted molar refractivity (Wildman–Crippen MR) is 121 cm³/mol. The lowest BCUT2D eigenvalue weighted by Crippen LogP contribution is -2.60. The monoisotopic (exact) mass is 492 g/mol. The molecule has 0 aliphatic heterocycles. The quantitative estimate of drug-likeness (QED) is 0.0450. The first kappa shape index (κ1) is 29.9. The topological polar surface area (TPSA) is 278 Å². The third-order valence-corrected chi connectivity index (χ3v) is 4.56. The largest absolute Gasteiger partial charge is 0.480 e. The summed E-state index contributed by atoms with van der Waals surface area (Å²) in [6, 6.07) is -5.46. The number of hydrogen-bond acceptors (Lipinski definition) is 9. The second kappa shape index (κ2) is 14.9. The fraction of sp³-hybridized carbons (Fsp3) is 0.647. The molecule has 0 radical (unpaired) electrons. The smallest absolute Gasteiger partial charge is 0.326 e. The number of carbonyl (C=O) groups excluding carboxylic acids is 4. The van der Waals surface area contributed by atoms with Crippen LogP contribution in [0.5, 0.6) is 0 Å². The van der Waals surface area contributed by atoms with Crippen molar-refractivity contribution in [1.29, 1.82) is 0 Å². The number of carboxylic acid groups (broad SMARTS) is 1. The first-order valence-corrected chi connectivity index (χ1v) is 10.5. The van der Waals surface area contributed by atoms with Crippen LogP contribution in [-0.4, -0.2) is 88.3 Å². The molecule has 15 nitrogen and oxygen atoms in total. The molecule has 0 fully saturated rings. The second-order valence-corrected chi connectivity index (χ2v) is 7.46. The molecule has 0 aromatic rings. The highest BCUT2D eigenvalue weighted by atomic mass is 32.1. The molecular formula is C17H32N8O7S. The Morgan fingerprint density at radius 1 is 0.970 bits per heavy atom. The minimum Gasteiger partial charge on any atom is -0.480 e. The molecule has 0 saturated carbocycles. The second-order valence-electron chi connectivity index (χ2n) is 7.10. The van der Waals surface area contributed by atoms with Gasteiger partial charge in [-0.2, -0.15) is 12.6 Å². The molecule has 0 spiro atoms. The van der Waals surface area contributed by atoms with Gasteiger partial charge >= 0.3 is 5.97 Å². The first-order chi connectivity index (χ1) is 15.3. The fourth-order valence-electron chi connectivity index (χ4n) is 2.46. The number of aliphatic hydroxyl groups excluding tert-OH is 1. The van der Waals surface area contributed by atoms with Crippen molar-refractivity contribution in [2.24, 2.45) is 27.9 Å². The minimum absolute atomic E-state index is 0.00913. The molecule has 0 saturated heterocycles. The first-order valence-electron chi connectivity index (χ1n) is 9.82. The van der Waals surface area contributed by atoms with E-state index in [0.29, 0.717) is 0 Å². The number of carbonyl (C=O) groups is 5. The van der Waals surface area contributed by atoms with Gasteiger partial charge in [0.05, 0.1) is 18.6 Å². The van der Waals surface area contributed by atoms with Gasteiger partial charge in [-0.25, -0.2) is 4.79 Å². The summed E-state index contributed by atoms with van der Waals surface area (Å²) in [5.74, 6) is -5.26. The van der Waals surface area contributed by atoms with Gasteiger partial charge in [0, 0.05) is 12.3 Å². The van der Waals surface area contributed by atoms with E-state index in [1.54, 1.807) is 0 Å². The lowest BCUT2D eigenvalue weighted by Gasteiger charge is -2.25. The summed E-state index contributed by atoms with van der Waals surface area (Å²) < 4.78 is 0. The Hall–Kier alpha value is -3.11. The van der Waals surface area contributed by atoms with Gasteiger partial charge in [0.1, 0.15) is 18.1 Å². The summed E-state index contributed by atoms with van der Waals surface area (Å²) in [7, 11) is 0. The Kier molecular flexibility index (Phi) is 13.5. The van der Waals surface area contributed by atoms with Crippen LogP contribution in [0.4, 0.5) is 0 Å². The maximum Gasteiger partial charge on any atom is 0.326 e. The maximum atomic E-state index is 12.5. The lowest BCUT2D eigenvalue weighted by atomic mass is 10.1. The van der Waals surface area contributed by atoms with E-state index in [1.807, 2.05) is 0 Å². The van der Waals surface area contributed by atoms with Crippen LogP contribution < -0.4 is 38.9 Å². The number of guanidine groups is 1. The average Bonchev–Trinajstić information content (AvgIpc) is 2.70. The molecule has 0 rings (SSSR count). The predicted octanol–water partition coefficient (Wildman–Crippen LogP) is -4.91. The Bertz CT molecular complexity index is 745. The Morgan fingerprint density at radius 2 is 1.55 bits per heavy atom. The number of nitrogens with zero attached hydrogens (tertiary/aromatic N) is 1. The normalized spacial score (nSPS) is 15.2. The van der Waals surface area contributed by atoms with Gasteiger partial charge in [-0.3, -0.25) is 24.2 Å². The highest BCUT2D eigenvalue weighted by molar-refractivity contribution is 7.80. The minimum atomic E-state index is -1.53.